The molecule has 0 spiro atoms. The summed E-state index contributed by atoms with van der Waals surface area (Å²) in [5.74, 6) is -0.178. The molecule has 0 aliphatic heterocycles. The maximum Gasteiger partial charge on any atom is 0.181 e. The lowest BCUT2D eigenvalue weighted by molar-refractivity contribution is 0.628. The summed E-state index contributed by atoms with van der Waals surface area (Å²) in [7, 11) is 0. The SMILES string of the molecule is Cc1ccc2nc(N)sc2c1.Fc1ccccc1. The Hall–Kier alpha value is -1.94. The summed E-state index contributed by atoms with van der Waals surface area (Å²) in [5, 5.41) is 0.644. The zero-order chi connectivity index (χ0) is 13.0. The van der Waals surface area contributed by atoms with Crippen molar-refractivity contribution in [3.63, 3.8) is 0 Å². The quantitative estimate of drug-likeness (QED) is 0.663. The first-order valence-corrected chi connectivity index (χ1v) is 6.30. The molecule has 0 saturated heterocycles. The van der Waals surface area contributed by atoms with Crippen LogP contribution in [0.15, 0.2) is 48.5 Å². The molecule has 0 atom stereocenters. The van der Waals surface area contributed by atoms with E-state index in [2.05, 4.69) is 18.0 Å². The van der Waals surface area contributed by atoms with Crippen LogP contribution < -0.4 is 5.73 Å². The molecule has 0 aliphatic rings. The fourth-order valence-corrected chi connectivity index (χ4v) is 2.30. The van der Waals surface area contributed by atoms with E-state index in [0.29, 0.717) is 5.13 Å². The fraction of sp³-hybridized carbons (Fsp3) is 0.0714. The van der Waals surface area contributed by atoms with Crippen LogP contribution >= 0.6 is 11.3 Å². The Labute approximate surface area is 109 Å². The summed E-state index contributed by atoms with van der Waals surface area (Å²) in [5.41, 5.74) is 7.80. The van der Waals surface area contributed by atoms with E-state index in [0.717, 1.165) is 5.52 Å². The molecular weight excluding hydrogens is 247 g/mol. The lowest BCUT2D eigenvalue weighted by Gasteiger charge is -1.88. The Kier molecular flexibility index (Phi) is 3.89. The van der Waals surface area contributed by atoms with Gasteiger partial charge in [0.15, 0.2) is 5.13 Å². The van der Waals surface area contributed by atoms with Gasteiger partial charge in [0.2, 0.25) is 0 Å². The number of thiazole rings is 1. The first kappa shape index (κ1) is 12.5. The lowest BCUT2D eigenvalue weighted by atomic mass is 10.2. The molecule has 0 fully saturated rings. The predicted molar refractivity (Wildman–Crippen MR) is 75.2 cm³/mol. The van der Waals surface area contributed by atoms with Crippen LogP contribution in [0.3, 0.4) is 0 Å². The molecular formula is C14H13FN2S. The zero-order valence-corrected chi connectivity index (χ0v) is 10.7. The first-order valence-electron chi connectivity index (χ1n) is 5.48. The number of halogens is 1. The van der Waals surface area contributed by atoms with Gasteiger partial charge < -0.3 is 5.73 Å². The van der Waals surface area contributed by atoms with Gasteiger partial charge >= 0.3 is 0 Å². The number of fused-ring (bicyclic) bond motifs is 1. The van der Waals surface area contributed by atoms with Crippen molar-refractivity contribution in [2.75, 3.05) is 5.73 Å². The Bertz CT molecular complexity index is 635. The van der Waals surface area contributed by atoms with E-state index in [4.69, 9.17) is 5.73 Å². The van der Waals surface area contributed by atoms with Crippen LogP contribution in [0, 0.1) is 12.7 Å². The van der Waals surface area contributed by atoms with Gasteiger partial charge in [-0.05, 0) is 36.8 Å². The van der Waals surface area contributed by atoms with Crippen molar-refractivity contribution >= 4 is 26.7 Å². The number of hydrogen-bond donors (Lipinski definition) is 1. The van der Waals surface area contributed by atoms with E-state index < -0.39 is 0 Å². The van der Waals surface area contributed by atoms with Gasteiger partial charge in [-0.2, -0.15) is 0 Å². The van der Waals surface area contributed by atoms with E-state index in [9.17, 15) is 4.39 Å². The number of anilines is 1. The average molecular weight is 260 g/mol. The maximum absolute atomic E-state index is 11.9. The number of aromatic nitrogens is 1. The van der Waals surface area contributed by atoms with Gasteiger partial charge in [0.25, 0.3) is 0 Å². The molecule has 0 saturated carbocycles. The second-order valence-electron chi connectivity index (χ2n) is 3.82. The number of hydrogen-bond acceptors (Lipinski definition) is 3. The van der Waals surface area contributed by atoms with Crippen LogP contribution in [0.5, 0.6) is 0 Å². The van der Waals surface area contributed by atoms with Crippen molar-refractivity contribution in [1.29, 1.82) is 0 Å². The summed E-state index contributed by atoms with van der Waals surface area (Å²) in [6.45, 7) is 2.06. The highest BCUT2D eigenvalue weighted by molar-refractivity contribution is 7.22. The monoisotopic (exact) mass is 260 g/mol. The van der Waals surface area contributed by atoms with E-state index >= 15 is 0 Å². The van der Waals surface area contributed by atoms with Crippen molar-refractivity contribution in [2.45, 2.75) is 6.92 Å². The minimum atomic E-state index is -0.178. The standard InChI is InChI=1S/C8H8N2S.C6H5F/c1-5-2-3-6-7(4-5)11-8(9)10-6;7-6-4-2-1-3-5-6/h2-4H,1H3,(H2,9,10);1-5H. The third kappa shape index (κ3) is 3.28. The molecule has 2 aromatic carbocycles. The van der Waals surface area contributed by atoms with Crippen molar-refractivity contribution in [3.05, 3.63) is 59.9 Å². The van der Waals surface area contributed by atoms with Crippen molar-refractivity contribution in [1.82, 2.24) is 4.98 Å². The summed E-state index contributed by atoms with van der Waals surface area (Å²) >= 11 is 1.53. The molecule has 1 heterocycles. The second kappa shape index (κ2) is 5.60. The molecule has 0 aliphatic carbocycles. The minimum absolute atomic E-state index is 0.178. The number of benzene rings is 2. The van der Waals surface area contributed by atoms with Gasteiger partial charge in [-0.1, -0.05) is 35.6 Å². The van der Waals surface area contributed by atoms with Crippen LogP contribution in [0.2, 0.25) is 0 Å². The molecule has 0 unspecified atom stereocenters. The number of rotatable bonds is 0. The van der Waals surface area contributed by atoms with E-state index in [-0.39, 0.29) is 5.82 Å². The highest BCUT2D eigenvalue weighted by Crippen LogP contribution is 2.23. The Balaban J connectivity index is 0.000000149. The topological polar surface area (TPSA) is 38.9 Å². The normalized spacial score (nSPS) is 9.89. The highest BCUT2D eigenvalue weighted by Gasteiger charge is 1.98. The van der Waals surface area contributed by atoms with E-state index in [1.807, 2.05) is 12.1 Å². The third-order valence-electron chi connectivity index (χ3n) is 2.29. The largest absolute Gasteiger partial charge is 0.375 e. The van der Waals surface area contributed by atoms with Crippen LogP contribution in [-0.4, -0.2) is 4.98 Å². The molecule has 0 radical (unpaired) electrons. The number of nitrogen functional groups attached to an aromatic ring is 1. The van der Waals surface area contributed by atoms with Crippen LogP contribution in [0.25, 0.3) is 10.2 Å². The minimum Gasteiger partial charge on any atom is -0.375 e. The average Bonchev–Trinajstić information content (AvgIpc) is 2.70. The third-order valence-corrected chi connectivity index (χ3v) is 3.14. The molecule has 2 nitrogen and oxygen atoms in total. The summed E-state index contributed by atoms with van der Waals surface area (Å²) in [6, 6.07) is 14.1. The van der Waals surface area contributed by atoms with E-state index in [1.165, 1.54) is 33.7 Å². The fourth-order valence-electron chi connectivity index (χ4n) is 1.46. The van der Waals surface area contributed by atoms with Gasteiger partial charge in [-0.3, -0.25) is 0 Å². The summed E-state index contributed by atoms with van der Waals surface area (Å²) in [6.07, 6.45) is 0. The van der Waals surface area contributed by atoms with Crippen molar-refractivity contribution < 1.29 is 4.39 Å². The highest BCUT2D eigenvalue weighted by atomic mass is 32.1. The van der Waals surface area contributed by atoms with Gasteiger partial charge in [-0.25, -0.2) is 9.37 Å². The van der Waals surface area contributed by atoms with Gasteiger partial charge in [-0.15, -0.1) is 0 Å². The molecule has 0 amide bonds. The van der Waals surface area contributed by atoms with Crippen molar-refractivity contribution in [2.24, 2.45) is 0 Å². The Morgan fingerprint density at radius 3 is 2.44 bits per heavy atom. The summed E-state index contributed by atoms with van der Waals surface area (Å²) < 4.78 is 13.1. The Morgan fingerprint density at radius 2 is 1.83 bits per heavy atom. The van der Waals surface area contributed by atoms with Crippen molar-refractivity contribution in [3.8, 4) is 0 Å². The van der Waals surface area contributed by atoms with Gasteiger partial charge in [0.1, 0.15) is 5.82 Å². The van der Waals surface area contributed by atoms with Gasteiger partial charge in [0.05, 0.1) is 10.2 Å². The molecule has 4 heteroatoms. The molecule has 92 valence electrons. The molecule has 18 heavy (non-hydrogen) atoms. The smallest absolute Gasteiger partial charge is 0.181 e. The Morgan fingerprint density at radius 1 is 1.11 bits per heavy atom. The molecule has 3 rings (SSSR count). The lowest BCUT2D eigenvalue weighted by Crippen LogP contribution is -1.78. The molecule has 1 aromatic heterocycles. The predicted octanol–water partition coefficient (Wildman–Crippen LogP) is 4.01. The number of nitrogens with zero attached hydrogens (tertiary/aromatic N) is 1. The van der Waals surface area contributed by atoms with Crippen LogP contribution in [0.4, 0.5) is 9.52 Å². The van der Waals surface area contributed by atoms with Gasteiger partial charge in [0, 0.05) is 0 Å². The van der Waals surface area contributed by atoms with Crippen LogP contribution in [0.1, 0.15) is 5.56 Å². The number of nitrogens with two attached hydrogens (primary N) is 1. The molecule has 0 bridgehead atoms. The first-order chi connectivity index (χ1) is 8.65. The van der Waals surface area contributed by atoms with E-state index in [1.54, 1.807) is 18.2 Å². The summed E-state index contributed by atoms with van der Waals surface area (Å²) in [4.78, 5) is 4.15. The molecule has 3 aromatic rings. The second-order valence-corrected chi connectivity index (χ2v) is 4.88. The number of aryl methyl sites for hydroxylation is 1. The maximum atomic E-state index is 11.9. The van der Waals surface area contributed by atoms with Crippen LogP contribution in [-0.2, 0) is 0 Å². The molecule has 2 N–H and O–H groups in total. The zero-order valence-electron chi connectivity index (χ0n) is 9.93.